The molecule has 0 aliphatic carbocycles. The smallest absolute Gasteiger partial charge is 0.207 e. The first-order valence-electron chi connectivity index (χ1n) is 5.21. The number of rotatable bonds is 5. The number of nitrogens with one attached hydrogen (secondary N) is 1. The van der Waals surface area contributed by atoms with Crippen molar-refractivity contribution in [3.63, 3.8) is 0 Å². The van der Waals surface area contributed by atoms with Crippen LogP contribution in [-0.2, 0) is 6.42 Å². The maximum absolute atomic E-state index is 5.48. The Morgan fingerprint density at radius 2 is 2.00 bits per heavy atom. The van der Waals surface area contributed by atoms with E-state index in [-0.39, 0.29) is 0 Å². The van der Waals surface area contributed by atoms with Crippen LogP contribution in [-0.4, -0.2) is 16.7 Å². The molecule has 2 aromatic rings. The molecule has 0 saturated heterocycles. The fraction of sp³-hybridized carbons (Fsp3) is 0.273. The predicted octanol–water partition coefficient (Wildman–Crippen LogP) is 2.17. The maximum Gasteiger partial charge on any atom is 0.207 e. The van der Waals surface area contributed by atoms with E-state index < -0.39 is 0 Å². The van der Waals surface area contributed by atoms with Gasteiger partial charge in [-0.05, 0) is 18.4 Å². The molecule has 1 aromatic carbocycles. The molecule has 0 spiro atoms. The van der Waals surface area contributed by atoms with E-state index >= 15 is 0 Å². The summed E-state index contributed by atoms with van der Waals surface area (Å²) in [5, 5.41) is 12.1. The van der Waals surface area contributed by atoms with Crippen LogP contribution in [0, 0.1) is 0 Å². The monoisotopic (exact) mass is 234 g/mol. The fourth-order valence-electron chi connectivity index (χ4n) is 1.44. The van der Waals surface area contributed by atoms with Crippen LogP contribution in [0.4, 0.5) is 10.3 Å². The fourth-order valence-corrected chi connectivity index (χ4v) is 1.97. The Kier molecular flexibility index (Phi) is 3.71. The highest BCUT2D eigenvalue weighted by Gasteiger charge is 1.98. The number of benzene rings is 1. The Bertz CT molecular complexity index is 427. The Hall–Kier alpha value is -1.62. The molecule has 2 rings (SSSR count). The summed E-state index contributed by atoms with van der Waals surface area (Å²) in [7, 11) is 0. The van der Waals surface area contributed by atoms with Gasteiger partial charge < -0.3 is 11.1 Å². The van der Waals surface area contributed by atoms with E-state index in [9.17, 15) is 0 Å². The molecule has 1 heterocycles. The summed E-state index contributed by atoms with van der Waals surface area (Å²) in [4.78, 5) is 0. The molecule has 0 unspecified atom stereocenters. The highest BCUT2D eigenvalue weighted by atomic mass is 32.1. The Balaban J connectivity index is 1.69. The average molecular weight is 234 g/mol. The van der Waals surface area contributed by atoms with Crippen LogP contribution in [0.2, 0.25) is 0 Å². The maximum atomic E-state index is 5.48. The molecule has 0 aliphatic heterocycles. The summed E-state index contributed by atoms with van der Waals surface area (Å²) in [5.74, 6) is 0. The van der Waals surface area contributed by atoms with Crippen LogP contribution in [0.25, 0.3) is 0 Å². The Labute approximate surface area is 98.5 Å². The van der Waals surface area contributed by atoms with Gasteiger partial charge in [-0.15, -0.1) is 10.2 Å². The van der Waals surface area contributed by atoms with Crippen LogP contribution < -0.4 is 11.1 Å². The second-order valence-corrected chi connectivity index (χ2v) is 4.47. The molecular weight excluding hydrogens is 220 g/mol. The molecule has 4 nitrogen and oxygen atoms in total. The van der Waals surface area contributed by atoms with E-state index in [1.54, 1.807) is 0 Å². The molecule has 0 amide bonds. The predicted molar refractivity (Wildman–Crippen MR) is 67.6 cm³/mol. The number of nitrogens with two attached hydrogens (primary N) is 1. The van der Waals surface area contributed by atoms with Gasteiger partial charge >= 0.3 is 0 Å². The number of nitrogen functional groups attached to an aromatic ring is 1. The minimum atomic E-state index is 0.505. The average Bonchev–Trinajstić information content (AvgIpc) is 2.72. The normalized spacial score (nSPS) is 10.2. The zero-order chi connectivity index (χ0) is 11.2. The van der Waals surface area contributed by atoms with Gasteiger partial charge in [0.2, 0.25) is 10.3 Å². The van der Waals surface area contributed by atoms with Crippen LogP contribution in [0.3, 0.4) is 0 Å². The molecule has 0 fully saturated rings. The lowest BCUT2D eigenvalue weighted by Crippen LogP contribution is -2.02. The molecule has 1 aromatic heterocycles. The first-order chi connectivity index (χ1) is 7.84. The second kappa shape index (κ2) is 5.46. The molecule has 0 atom stereocenters. The van der Waals surface area contributed by atoms with Crippen LogP contribution >= 0.6 is 11.3 Å². The standard InChI is InChI=1S/C11H14N4S/c12-10-14-15-11(16-10)13-8-4-7-9-5-2-1-3-6-9/h1-3,5-6H,4,7-8H2,(H2,12,14)(H,13,15). The first kappa shape index (κ1) is 10.9. The Morgan fingerprint density at radius 3 is 2.69 bits per heavy atom. The lowest BCUT2D eigenvalue weighted by atomic mass is 10.1. The third-order valence-corrected chi connectivity index (χ3v) is 2.91. The highest BCUT2D eigenvalue weighted by molar-refractivity contribution is 7.18. The largest absolute Gasteiger partial charge is 0.374 e. The summed E-state index contributed by atoms with van der Waals surface area (Å²) < 4.78 is 0. The molecule has 0 aliphatic rings. The molecule has 0 radical (unpaired) electrons. The van der Waals surface area contributed by atoms with Crippen molar-refractivity contribution in [3.8, 4) is 0 Å². The van der Waals surface area contributed by atoms with Crippen LogP contribution in [0.1, 0.15) is 12.0 Å². The van der Waals surface area contributed by atoms with Gasteiger partial charge in [-0.2, -0.15) is 0 Å². The Morgan fingerprint density at radius 1 is 1.19 bits per heavy atom. The molecule has 84 valence electrons. The lowest BCUT2D eigenvalue weighted by molar-refractivity contribution is 0.859. The summed E-state index contributed by atoms with van der Waals surface area (Å²) >= 11 is 1.38. The quantitative estimate of drug-likeness (QED) is 0.778. The molecule has 0 saturated carbocycles. The zero-order valence-corrected chi connectivity index (χ0v) is 9.70. The summed E-state index contributed by atoms with van der Waals surface area (Å²) in [6.45, 7) is 0.892. The number of nitrogens with zero attached hydrogens (tertiary/aromatic N) is 2. The van der Waals surface area contributed by atoms with Gasteiger partial charge in [0.1, 0.15) is 0 Å². The van der Waals surface area contributed by atoms with Crippen molar-refractivity contribution in [2.75, 3.05) is 17.6 Å². The number of hydrogen-bond donors (Lipinski definition) is 2. The molecule has 3 N–H and O–H groups in total. The minimum Gasteiger partial charge on any atom is -0.374 e. The number of aryl methyl sites for hydroxylation is 1. The van der Waals surface area contributed by atoms with Crippen molar-refractivity contribution in [3.05, 3.63) is 35.9 Å². The summed E-state index contributed by atoms with van der Waals surface area (Å²) in [6.07, 6.45) is 2.14. The third-order valence-electron chi connectivity index (χ3n) is 2.20. The first-order valence-corrected chi connectivity index (χ1v) is 6.03. The van der Waals surface area contributed by atoms with Gasteiger partial charge in [0, 0.05) is 6.54 Å². The molecule has 0 bridgehead atoms. The van der Waals surface area contributed by atoms with Gasteiger partial charge in [0.05, 0.1) is 0 Å². The molecular formula is C11H14N4S. The minimum absolute atomic E-state index is 0.505. The van der Waals surface area contributed by atoms with E-state index in [0.717, 1.165) is 24.5 Å². The van der Waals surface area contributed by atoms with Crippen molar-refractivity contribution in [1.29, 1.82) is 0 Å². The summed E-state index contributed by atoms with van der Waals surface area (Å²) in [5.41, 5.74) is 6.84. The van der Waals surface area contributed by atoms with E-state index in [4.69, 9.17) is 5.73 Å². The molecule has 5 heteroatoms. The van der Waals surface area contributed by atoms with Crippen LogP contribution in [0.5, 0.6) is 0 Å². The lowest BCUT2D eigenvalue weighted by Gasteiger charge is -2.02. The SMILES string of the molecule is Nc1nnc(NCCCc2ccccc2)s1. The van der Waals surface area contributed by atoms with Crippen molar-refractivity contribution >= 4 is 21.6 Å². The van der Waals surface area contributed by atoms with Gasteiger partial charge in [0.25, 0.3) is 0 Å². The van der Waals surface area contributed by atoms with Gasteiger partial charge in [-0.1, -0.05) is 41.7 Å². The zero-order valence-electron chi connectivity index (χ0n) is 8.89. The van der Waals surface area contributed by atoms with Crippen LogP contribution in [0.15, 0.2) is 30.3 Å². The topological polar surface area (TPSA) is 63.8 Å². The van der Waals surface area contributed by atoms with E-state index in [0.29, 0.717) is 5.13 Å². The van der Waals surface area contributed by atoms with Crippen molar-refractivity contribution in [1.82, 2.24) is 10.2 Å². The number of hydrogen-bond acceptors (Lipinski definition) is 5. The van der Waals surface area contributed by atoms with E-state index in [1.165, 1.54) is 16.9 Å². The van der Waals surface area contributed by atoms with Gasteiger partial charge in [0.15, 0.2) is 0 Å². The van der Waals surface area contributed by atoms with Crippen molar-refractivity contribution in [2.24, 2.45) is 0 Å². The van der Waals surface area contributed by atoms with Gasteiger partial charge in [-0.3, -0.25) is 0 Å². The van der Waals surface area contributed by atoms with Gasteiger partial charge in [-0.25, -0.2) is 0 Å². The van der Waals surface area contributed by atoms with E-state index in [2.05, 4.69) is 39.8 Å². The molecule has 16 heavy (non-hydrogen) atoms. The van der Waals surface area contributed by atoms with Crippen molar-refractivity contribution in [2.45, 2.75) is 12.8 Å². The number of aromatic nitrogens is 2. The summed E-state index contributed by atoms with van der Waals surface area (Å²) in [6, 6.07) is 10.4. The second-order valence-electron chi connectivity index (χ2n) is 3.46. The highest BCUT2D eigenvalue weighted by Crippen LogP contribution is 2.16. The third kappa shape index (κ3) is 3.20. The number of anilines is 2. The van der Waals surface area contributed by atoms with Crippen molar-refractivity contribution < 1.29 is 0 Å². The van der Waals surface area contributed by atoms with E-state index in [1.807, 2.05) is 6.07 Å².